The Labute approximate surface area is 135 Å². The summed E-state index contributed by atoms with van der Waals surface area (Å²) in [5.41, 5.74) is 5.96. The van der Waals surface area contributed by atoms with Gasteiger partial charge in [0.25, 0.3) is 0 Å². The normalized spacial score (nSPS) is 16.5. The van der Waals surface area contributed by atoms with Crippen molar-refractivity contribution in [1.82, 2.24) is 0 Å². The molecule has 0 aromatic heterocycles. The first kappa shape index (κ1) is 15.1. The minimum Gasteiger partial charge on any atom is -0.506 e. The standard InChI is InChI=1S/C15H10Cl2FNO3/c16-9-1-2-10(20)13(17)12(9)7-3-6(18)4-8-14(21)11(5-19)22-15(7)8/h1-4,11,20H,5,19H2. The molecule has 2 aromatic rings. The summed E-state index contributed by atoms with van der Waals surface area (Å²) in [5, 5.41) is 9.89. The highest BCUT2D eigenvalue weighted by Crippen LogP contribution is 2.47. The van der Waals surface area contributed by atoms with Crippen LogP contribution < -0.4 is 10.5 Å². The molecule has 0 radical (unpaired) electrons. The number of Topliss-reactive ketones (excluding diaryl/α,β-unsaturated/α-hetero) is 1. The van der Waals surface area contributed by atoms with E-state index in [4.69, 9.17) is 33.7 Å². The summed E-state index contributed by atoms with van der Waals surface area (Å²) in [6.45, 7) is -0.0317. The minimum atomic E-state index is -0.870. The van der Waals surface area contributed by atoms with Crippen LogP contribution in [0.3, 0.4) is 0 Å². The SMILES string of the molecule is NCC1Oc2c(cc(F)cc2-c2c(Cl)ccc(O)c2Cl)C1=O. The van der Waals surface area contributed by atoms with Gasteiger partial charge < -0.3 is 15.6 Å². The van der Waals surface area contributed by atoms with Gasteiger partial charge in [-0.15, -0.1) is 0 Å². The molecule has 0 spiro atoms. The lowest BCUT2D eigenvalue weighted by Crippen LogP contribution is -2.29. The number of hydrogen-bond acceptors (Lipinski definition) is 4. The lowest BCUT2D eigenvalue weighted by Gasteiger charge is -2.13. The molecule has 1 unspecified atom stereocenters. The fourth-order valence-electron chi connectivity index (χ4n) is 2.40. The van der Waals surface area contributed by atoms with Gasteiger partial charge in [0, 0.05) is 17.7 Å². The number of ketones is 1. The molecule has 0 saturated carbocycles. The predicted molar refractivity (Wildman–Crippen MR) is 81.3 cm³/mol. The smallest absolute Gasteiger partial charge is 0.208 e. The number of nitrogens with two attached hydrogens (primary N) is 1. The van der Waals surface area contributed by atoms with Gasteiger partial charge in [0.05, 0.1) is 15.6 Å². The van der Waals surface area contributed by atoms with Crippen LogP contribution in [0.15, 0.2) is 24.3 Å². The minimum absolute atomic E-state index is 0.0317. The second kappa shape index (κ2) is 5.43. The van der Waals surface area contributed by atoms with Crippen LogP contribution in [0.1, 0.15) is 10.4 Å². The Morgan fingerprint density at radius 1 is 1.27 bits per heavy atom. The van der Waals surface area contributed by atoms with Gasteiger partial charge in [-0.3, -0.25) is 4.79 Å². The van der Waals surface area contributed by atoms with Crippen molar-refractivity contribution in [3.8, 4) is 22.6 Å². The summed E-state index contributed by atoms with van der Waals surface area (Å²) in [4.78, 5) is 12.1. The molecule has 1 aliphatic heterocycles. The number of aromatic hydroxyl groups is 1. The van der Waals surface area contributed by atoms with Gasteiger partial charge in [-0.05, 0) is 24.3 Å². The van der Waals surface area contributed by atoms with Crippen molar-refractivity contribution in [2.75, 3.05) is 6.54 Å². The Morgan fingerprint density at radius 2 is 1.95 bits per heavy atom. The van der Waals surface area contributed by atoms with E-state index in [-0.39, 0.29) is 44.8 Å². The third kappa shape index (κ3) is 2.22. The van der Waals surface area contributed by atoms with Gasteiger partial charge in [0.15, 0.2) is 6.10 Å². The largest absolute Gasteiger partial charge is 0.506 e. The number of benzene rings is 2. The van der Waals surface area contributed by atoms with Crippen molar-refractivity contribution in [3.63, 3.8) is 0 Å². The molecule has 0 amide bonds. The molecule has 3 rings (SSSR count). The third-order valence-corrected chi connectivity index (χ3v) is 4.12. The Bertz CT molecular complexity index is 795. The van der Waals surface area contributed by atoms with Gasteiger partial charge in [-0.25, -0.2) is 4.39 Å². The van der Waals surface area contributed by atoms with Gasteiger partial charge >= 0.3 is 0 Å². The number of rotatable bonds is 2. The lowest BCUT2D eigenvalue weighted by molar-refractivity contribution is 0.0868. The van der Waals surface area contributed by atoms with E-state index in [0.29, 0.717) is 0 Å². The fraction of sp³-hybridized carbons (Fsp3) is 0.133. The van der Waals surface area contributed by atoms with Crippen LogP contribution in [-0.4, -0.2) is 23.5 Å². The van der Waals surface area contributed by atoms with Crippen LogP contribution in [0.25, 0.3) is 11.1 Å². The van der Waals surface area contributed by atoms with Crippen LogP contribution >= 0.6 is 23.2 Å². The third-order valence-electron chi connectivity index (χ3n) is 3.43. The second-order valence-electron chi connectivity index (χ2n) is 4.79. The molecule has 0 saturated heterocycles. The first-order valence-corrected chi connectivity index (χ1v) is 7.11. The number of halogens is 3. The van der Waals surface area contributed by atoms with Crippen molar-refractivity contribution in [3.05, 3.63) is 45.7 Å². The molecule has 114 valence electrons. The number of phenols is 1. The quantitative estimate of drug-likeness (QED) is 0.877. The topological polar surface area (TPSA) is 72.6 Å². The Morgan fingerprint density at radius 3 is 2.64 bits per heavy atom. The zero-order chi connectivity index (χ0) is 16.0. The molecule has 2 aromatic carbocycles. The number of carbonyl (C=O) groups excluding carboxylic acids is 1. The van der Waals surface area contributed by atoms with E-state index in [1.54, 1.807) is 0 Å². The molecule has 0 bridgehead atoms. The molecule has 4 nitrogen and oxygen atoms in total. The number of hydrogen-bond donors (Lipinski definition) is 2. The molecule has 0 fully saturated rings. The fourth-order valence-corrected chi connectivity index (χ4v) is 2.98. The summed E-state index contributed by atoms with van der Waals surface area (Å²) in [7, 11) is 0. The zero-order valence-electron chi connectivity index (χ0n) is 11.1. The Kier molecular flexibility index (Phi) is 3.72. The molecular weight excluding hydrogens is 332 g/mol. The first-order valence-electron chi connectivity index (χ1n) is 6.36. The Hall–Kier alpha value is -1.82. The van der Waals surface area contributed by atoms with Crippen molar-refractivity contribution in [2.24, 2.45) is 5.73 Å². The molecule has 3 N–H and O–H groups in total. The molecule has 1 heterocycles. The average molecular weight is 342 g/mol. The summed E-state index contributed by atoms with van der Waals surface area (Å²) < 4.78 is 19.4. The molecule has 1 atom stereocenters. The first-order chi connectivity index (χ1) is 10.4. The maximum atomic E-state index is 13.9. The van der Waals surface area contributed by atoms with Crippen LogP contribution in [0.4, 0.5) is 4.39 Å². The highest BCUT2D eigenvalue weighted by Gasteiger charge is 2.35. The van der Waals surface area contributed by atoms with E-state index in [1.165, 1.54) is 12.1 Å². The molecule has 1 aliphatic rings. The van der Waals surface area contributed by atoms with E-state index in [9.17, 15) is 14.3 Å². The van der Waals surface area contributed by atoms with Crippen molar-refractivity contribution in [2.45, 2.75) is 6.10 Å². The number of phenolic OH excluding ortho intramolecular Hbond substituents is 1. The van der Waals surface area contributed by atoms with Crippen LogP contribution in [0, 0.1) is 5.82 Å². The zero-order valence-corrected chi connectivity index (χ0v) is 12.6. The lowest BCUT2D eigenvalue weighted by atomic mass is 9.99. The van der Waals surface area contributed by atoms with Gasteiger partial charge in [0.1, 0.15) is 17.3 Å². The van der Waals surface area contributed by atoms with E-state index < -0.39 is 17.7 Å². The second-order valence-corrected chi connectivity index (χ2v) is 5.58. The van der Waals surface area contributed by atoms with Crippen LogP contribution in [-0.2, 0) is 0 Å². The highest BCUT2D eigenvalue weighted by atomic mass is 35.5. The van der Waals surface area contributed by atoms with Crippen molar-refractivity contribution in [1.29, 1.82) is 0 Å². The number of fused-ring (bicyclic) bond motifs is 1. The molecule has 7 heteroatoms. The van der Waals surface area contributed by atoms with Gasteiger partial charge in [-0.2, -0.15) is 0 Å². The van der Waals surface area contributed by atoms with E-state index in [1.807, 2.05) is 0 Å². The molecular formula is C15H10Cl2FNO3. The van der Waals surface area contributed by atoms with Gasteiger partial charge in [0.2, 0.25) is 5.78 Å². The monoisotopic (exact) mass is 341 g/mol. The summed E-state index contributed by atoms with van der Waals surface area (Å²) >= 11 is 12.2. The number of carbonyl (C=O) groups is 1. The van der Waals surface area contributed by atoms with Crippen molar-refractivity contribution < 1.29 is 19.0 Å². The maximum absolute atomic E-state index is 13.9. The van der Waals surface area contributed by atoms with Gasteiger partial charge in [-0.1, -0.05) is 23.2 Å². The molecule has 22 heavy (non-hydrogen) atoms. The van der Waals surface area contributed by atoms with E-state index in [2.05, 4.69) is 0 Å². The summed E-state index contributed by atoms with van der Waals surface area (Å²) in [6, 6.07) is 4.98. The highest BCUT2D eigenvalue weighted by molar-refractivity contribution is 6.40. The summed E-state index contributed by atoms with van der Waals surface area (Å²) in [5.74, 6) is -1.08. The van der Waals surface area contributed by atoms with E-state index in [0.717, 1.165) is 12.1 Å². The number of ether oxygens (including phenoxy) is 1. The van der Waals surface area contributed by atoms with Crippen LogP contribution in [0.5, 0.6) is 11.5 Å². The van der Waals surface area contributed by atoms with Crippen LogP contribution in [0.2, 0.25) is 10.0 Å². The Balaban J connectivity index is 2.30. The molecule has 0 aliphatic carbocycles. The van der Waals surface area contributed by atoms with E-state index >= 15 is 0 Å². The summed E-state index contributed by atoms with van der Waals surface area (Å²) in [6.07, 6.45) is -0.870. The predicted octanol–water partition coefficient (Wildman–Crippen LogP) is 3.41. The van der Waals surface area contributed by atoms with Crippen molar-refractivity contribution >= 4 is 29.0 Å². The maximum Gasteiger partial charge on any atom is 0.208 e. The average Bonchev–Trinajstić information content (AvgIpc) is 2.80.